The summed E-state index contributed by atoms with van der Waals surface area (Å²) < 4.78 is 28.0. The lowest BCUT2D eigenvalue weighted by atomic mass is 9.83. The first-order valence-corrected chi connectivity index (χ1v) is 7.64. The van der Waals surface area contributed by atoms with E-state index in [1.54, 1.807) is 7.05 Å². The molecule has 102 valence electrons. The maximum atomic E-state index is 12.0. The van der Waals surface area contributed by atoms with Gasteiger partial charge in [-0.2, -0.15) is 12.7 Å². The average Bonchev–Trinajstić information content (AvgIpc) is 2.27. The molecule has 1 heterocycles. The fourth-order valence-corrected chi connectivity index (χ4v) is 3.20. The van der Waals surface area contributed by atoms with Gasteiger partial charge < -0.3 is 5.32 Å². The number of hydrogen-bond acceptors (Lipinski definition) is 3. The Balaban J connectivity index is 2.54. The molecule has 17 heavy (non-hydrogen) atoms. The van der Waals surface area contributed by atoms with E-state index in [2.05, 4.69) is 17.0 Å². The fourth-order valence-electron chi connectivity index (χ4n) is 1.91. The number of rotatable bonds is 5. The lowest BCUT2D eigenvalue weighted by Crippen LogP contribution is -2.49. The molecule has 0 spiro atoms. The Morgan fingerprint density at radius 1 is 1.47 bits per heavy atom. The van der Waals surface area contributed by atoms with Crippen molar-refractivity contribution in [2.75, 3.05) is 26.7 Å². The molecule has 0 radical (unpaired) electrons. The van der Waals surface area contributed by atoms with Crippen LogP contribution in [-0.4, -0.2) is 45.4 Å². The highest BCUT2D eigenvalue weighted by Crippen LogP contribution is 2.24. The van der Waals surface area contributed by atoms with E-state index in [1.165, 1.54) is 4.31 Å². The van der Waals surface area contributed by atoms with E-state index in [-0.39, 0.29) is 11.5 Å². The van der Waals surface area contributed by atoms with E-state index in [4.69, 9.17) is 0 Å². The lowest BCUT2D eigenvalue weighted by Gasteiger charge is -2.35. The Bertz CT molecular complexity index is 335. The third-order valence-electron chi connectivity index (χ3n) is 3.47. The normalized spacial score (nSPS) is 26.7. The average molecular weight is 263 g/mol. The molecule has 0 aromatic rings. The molecule has 1 rings (SSSR count). The Hall–Kier alpha value is -0.170. The topological polar surface area (TPSA) is 61.4 Å². The van der Waals surface area contributed by atoms with Crippen LogP contribution in [0.15, 0.2) is 0 Å². The van der Waals surface area contributed by atoms with Crippen LogP contribution >= 0.6 is 0 Å². The second kappa shape index (κ2) is 5.65. The van der Waals surface area contributed by atoms with E-state index in [0.717, 1.165) is 25.9 Å². The van der Waals surface area contributed by atoms with Crippen LogP contribution in [0.1, 0.15) is 33.6 Å². The van der Waals surface area contributed by atoms with Crippen LogP contribution in [0.5, 0.6) is 0 Å². The summed E-state index contributed by atoms with van der Waals surface area (Å²) in [6.07, 6.45) is 2.17. The summed E-state index contributed by atoms with van der Waals surface area (Å²) in [6.45, 7) is 8.26. The van der Waals surface area contributed by atoms with Crippen molar-refractivity contribution < 1.29 is 8.42 Å². The summed E-state index contributed by atoms with van der Waals surface area (Å²) in [5, 5.41) is 3.32. The predicted molar refractivity (Wildman–Crippen MR) is 70.0 cm³/mol. The van der Waals surface area contributed by atoms with Crippen LogP contribution in [0.3, 0.4) is 0 Å². The van der Waals surface area contributed by atoms with Gasteiger partial charge in [0.05, 0.1) is 0 Å². The second-order valence-electron chi connectivity index (χ2n) is 5.53. The van der Waals surface area contributed by atoms with Crippen molar-refractivity contribution in [1.29, 1.82) is 0 Å². The molecule has 6 heteroatoms. The Morgan fingerprint density at radius 2 is 2.12 bits per heavy atom. The molecule has 0 saturated carbocycles. The predicted octanol–water partition coefficient (Wildman–Crippen LogP) is 0.551. The minimum Gasteiger partial charge on any atom is -0.316 e. The van der Waals surface area contributed by atoms with E-state index < -0.39 is 10.2 Å². The van der Waals surface area contributed by atoms with Gasteiger partial charge in [-0.25, -0.2) is 4.72 Å². The van der Waals surface area contributed by atoms with Crippen molar-refractivity contribution >= 4 is 10.2 Å². The molecule has 0 aromatic heterocycles. The summed E-state index contributed by atoms with van der Waals surface area (Å²) >= 11 is 0. The molecule has 1 aliphatic heterocycles. The molecule has 0 aromatic carbocycles. The Labute approximate surface area is 105 Å². The first-order chi connectivity index (χ1) is 7.77. The molecule has 1 aliphatic rings. The van der Waals surface area contributed by atoms with Gasteiger partial charge in [0.15, 0.2) is 0 Å². The third-order valence-corrected chi connectivity index (χ3v) is 5.16. The van der Waals surface area contributed by atoms with Gasteiger partial charge in [0, 0.05) is 26.2 Å². The highest BCUT2D eigenvalue weighted by atomic mass is 32.2. The molecular formula is C11H25N3O2S. The zero-order valence-electron chi connectivity index (χ0n) is 11.3. The van der Waals surface area contributed by atoms with Crippen molar-refractivity contribution in [3.8, 4) is 0 Å². The van der Waals surface area contributed by atoms with E-state index in [0.29, 0.717) is 6.54 Å². The maximum Gasteiger partial charge on any atom is 0.279 e. The van der Waals surface area contributed by atoms with Crippen LogP contribution in [0.25, 0.3) is 0 Å². The Morgan fingerprint density at radius 3 is 2.59 bits per heavy atom. The molecule has 2 N–H and O–H groups in total. The van der Waals surface area contributed by atoms with Crippen LogP contribution < -0.4 is 10.0 Å². The first kappa shape index (κ1) is 14.9. The van der Waals surface area contributed by atoms with Crippen LogP contribution in [-0.2, 0) is 10.2 Å². The first-order valence-electron chi connectivity index (χ1n) is 6.20. The molecule has 1 fully saturated rings. The third kappa shape index (κ3) is 4.21. The molecule has 0 bridgehead atoms. The van der Waals surface area contributed by atoms with Gasteiger partial charge in [-0.1, -0.05) is 6.92 Å². The van der Waals surface area contributed by atoms with Crippen LogP contribution in [0.4, 0.5) is 0 Å². The monoisotopic (exact) mass is 263 g/mol. The van der Waals surface area contributed by atoms with Crippen LogP contribution in [0, 0.1) is 5.41 Å². The molecule has 0 amide bonds. The summed E-state index contributed by atoms with van der Waals surface area (Å²) in [5.74, 6) is 0. The number of piperidine rings is 1. The number of nitrogens with zero attached hydrogens (tertiary/aromatic N) is 1. The minimum atomic E-state index is -3.34. The molecule has 5 nitrogen and oxygen atoms in total. The molecular weight excluding hydrogens is 238 g/mol. The van der Waals surface area contributed by atoms with Gasteiger partial charge in [-0.05, 0) is 38.6 Å². The second-order valence-corrected chi connectivity index (χ2v) is 7.34. The smallest absolute Gasteiger partial charge is 0.279 e. The van der Waals surface area contributed by atoms with Crippen LogP contribution in [0.2, 0.25) is 0 Å². The van der Waals surface area contributed by atoms with Gasteiger partial charge in [-0.15, -0.1) is 0 Å². The largest absolute Gasteiger partial charge is 0.316 e. The molecule has 1 unspecified atom stereocenters. The quantitative estimate of drug-likeness (QED) is 0.761. The van der Waals surface area contributed by atoms with Gasteiger partial charge in [0.25, 0.3) is 10.2 Å². The van der Waals surface area contributed by atoms with Crippen molar-refractivity contribution in [3.63, 3.8) is 0 Å². The van der Waals surface area contributed by atoms with Crippen molar-refractivity contribution in [1.82, 2.24) is 14.3 Å². The van der Waals surface area contributed by atoms with Crippen molar-refractivity contribution in [2.24, 2.45) is 5.41 Å². The summed E-state index contributed by atoms with van der Waals surface area (Å²) in [7, 11) is -1.74. The fraction of sp³-hybridized carbons (Fsp3) is 1.00. The summed E-state index contributed by atoms with van der Waals surface area (Å²) in [6, 6.07) is -0.0233. The SMILES string of the molecule is CC(C)N(C)S(=O)(=O)NCC1(C)CCCNC1. The van der Waals surface area contributed by atoms with Gasteiger partial charge in [0.2, 0.25) is 0 Å². The number of nitrogens with one attached hydrogen (secondary N) is 2. The molecule has 1 saturated heterocycles. The highest BCUT2D eigenvalue weighted by molar-refractivity contribution is 7.87. The highest BCUT2D eigenvalue weighted by Gasteiger charge is 2.29. The standard InChI is InChI=1S/C11H25N3O2S/c1-10(2)14(4)17(15,16)13-9-11(3)6-5-7-12-8-11/h10,12-13H,5-9H2,1-4H3. The van der Waals surface area contributed by atoms with E-state index in [9.17, 15) is 8.42 Å². The zero-order chi connectivity index (χ0) is 13.1. The van der Waals surface area contributed by atoms with Crippen molar-refractivity contribution in [3.05, 3.63) is 0 Å². The van der Waals surface area contributed by atoms with Gasteiger partial charge in [0.1, 0.15) is 0 Å². The lowest BCUT2D eigenvalue weighted by molar-refractivity contribution is 0.236. The van der Waals surface area contributed by atoms with E-state index >= 15 is 0 Å². The van der Waals surface area contributed by atoms with Gasteiger partial charge >= 0.3 is 0 Å². The Kier molecular flexibility index (Phi) is 4.95. The number of hydrogen-bond donors (Lipinski definition) is 2. The summed E-state index contributed by atoms with van der Waals surface area (Å²) in [5.41, 5.74) is 0.0309. The summed E-state index contributed by atoms with van der Waals surface area (Å²) in [4.78, 5) is 0. The van der Waals surface area contributed by atoms with Gasteiger partial charge in [-0.3, -0.25) is 0 Å². The minimum absolute atomic E-state index is 0.0233. The molecule has 0 aliphatic carbocycles. The van der Waals surface area contributed by atoms with Crippen molar-refractivity contribution in [2.45, 2.75) is 39.7 Å². The molecule has 1 atom stereocenters. The zero-order valence-corrected chi connectivity index (χ0v) is 12.1. The van der Waals surface area contributed by atoms with E-state index in [1.807, 2.05) is 13.8 Å². The maximum absolute atomic E-state index is 12.0.